The number of halogens is 1. The lowest BCUT2D eigenvalue weighted by Gasteiger charge is -2.00. The average Bonchev–Trinajstić information content (AvgIpc) is 2.75. The van der Waals surface area contributed by atoms with Crippen LogP contribution < -0.4 is 19.9 Å². The first-order valence-electron chi connectivity index (χ1n) is 10.2. The van der Waals surface area contributed by atoms with Gasteiger partial charge in [0.25, 0.3) is 0 Å². The van der Waals surface area contributed by atoms with Crippen molar-refractivity contribution in [2.75, 3.05) is 50.8 Å². The van der Waals surface area contributed by atoms with E-state index in [4.69, 9.17) is 22.6 Å². The highest BCUT2D eigenvalue weighted by Gasteiger charge is 2.06. The Morgan fingerprint density at radius 1 is 0.719 bits per heavy atom. The van der Waals surface area contributed by atoms with Crippen LogP contribution in [0, 0.1) is 11.3 Å². The maximum atomic E-state index is 10.8. The van der Waals surface area contributed by atoms with Crippen molar-refractivity contribution in [3.63, 3.8) is 0 Å². The fourth-order valence-electron chi connectivity index (χ4n) is 1.80. The van der Waals surface area contributed by atoms with Gasteiger partial charge in [-0.05, 0) is 66.2 Å². The van der Waals surface area contributed by atoms with Crippen LogP contribution >= 0.6 is 11.6 Å². The Kier molecular flexibility index (Phi) is 25.1. The monoisotopic (exact) mass is 543 g/mol. The molecule has 0 bridgehead atoms. The summed E-state index contributed by atoms with van der Waals surface area (Å²) in [5, 5.41) is 8.14. The standard InChI is InChI=1S/C6H16N2O2S.C6H12N2O2S.C5H12ClNO2S.H2/c2*1-8-11(9,10)6-4-2-3-5-7;1-7-10(8,9)5-3-2-4-6;/h8H,2-7H2,1H3;8H,2-4,6H2,1H3;7H,2-5H2,1H3;1H. The highest BCUT2D eigenvalue weighted by atomic mass is 35.5. The molecule has 0 saturated heterocycles. The van der Waals surface area contributed by atoms with E-state index < -0.39 is 30.1 Å². The number of nitrogens with one attached hydrogen (secondary N) is 3. The fraction of sp³-hybridized carbons (Fsp3) is 0.941. The minimum Gasteiger partial charge on any atom is -0.330 e. The van der Waals surface area contributed by atoms with Gasteiger partial charge in [-0.15, -0.1) is 11.6 Å². The van der Waals surface area contributed by atoms with Gasteiger partial charge in [0, 0.05) is 13.7 Å². The summed E-state index contributed by atoms with van der Waals surface area (Å²) < 4.78 is 71.3. The maximum Gasteiger partial charge on any atom is 0.211 e. The SMILES string of the molecule is CNS(=O)(=O)CCCCC#N.CNS(=O)(=O)CCCCCN.CNS(=O)(=O)CCCCCl.[HH]. The van der Waals surface area contributed by atoms with Crippen molar-refractivity contribution < 1.29 is 26.7 Å². The molecule has 32 heavy (non-hydrogen) atoms. The zero-order chi connectivity index (χ0) is 25.5. The van der Waals surface area contributed by atoms with Crippen LogP contribution in [-0.2, 0) is 30.1 Å². The first kappa shape index (κ1) is 36.0. The summed E-state index contributed by atoms with van der Waals surface area (Å²) in [6, 6.07) is 1.96. The second-order valence-electron chi connectivity index (χ2n) is 6.43. The van der Waals surface area contributed by atoms with Crippen LogP contribution in [0.5, 0.6) is 0 Å². The van der Waals surface area contributed by atoms with E-state index in [1.807, 2.05) is 6.07 Å². The molecule has 0 aromatic carbocycles. The van der Waals surface area contributed by atoms with E-state index in [1.54, 1.807) is 0 Å². The molecule has 0 aromatic heterocycles. The van der Waals surface area contributed by atoms with E-state index in [1.165, 1.54) is 21.1 Å². The third kappa shape index (κ3) is 29.5. The van der Waals surface area contributed by atoms with Crippen LogP contribution in [0.2, 0.25) is 0 Å². The molecule has 0 unspecified atom stereocenters. The summed E-state index contributed by atoms with van der Waals surface area (Å²) in [5.41, 5.74) is 5.25. The molecule has 0 aromatic rings. The second-order valence-corrected chi connectivity index (χ2v) is 12.9. The number of nitrogens with two attached hydrogens (primary N) is 1. The summed E-state index contributed by atoms with van der Waals surface area (Å²) in [7, 11) is -4.82. The predicted molar refractivity (Wildman–Crippen MR) is 133 cm³/mol. The zero-order valence-electron chi connectivity index (χ0n) is 19.3. The summed E-state index contributed by atoms with van der Waals surface area (Å²) in [6.45, 7) is 0.638. The smallest absolute Gasteiger partial charge is 0.211 e. The third-order valence-corrected chi connectivity index (χ3v) is 8.41. The van der Waals surface area contributed by atoms with Gasteiger partial charge < -0.3 is 5.73 Å². The molecule has 0 heterocycles. The minimum atomic E-state index is -3.06. The fourth-order valence-corrected chi connectivity index (χ4v) is 4.36. The lowest BCUT2D eigenvalue weighted by Crippen LogP contribution is -2.21. The molecule has 0 aliphatic carbocycles. The molecule has 15 heteroatoms. The Hall–Kier alpha value is -0.530. The van der Waals surface area contributed by atoms with Crippen molar-refractivity contribution >= 4 is 41.7 Å². The quantitative estimate of drug-likeness (QED) is 0.161. The number of rotatable bonds is 16. The van der Waals surface area contributed by atoms with Crippen LogP contribution in [0.3, 0.4) is 0 Å². The molecule has 0 amide bonds. The zero-order valence-corrected chi connectivity index (χ0v) is 22.5. The number of nitrogens with zero attached hydrogens (tertiary/aromatic N) is 1. The molecule has 0 saturated carbocycles. The number of unbranched alkanes of at least 4 members (excludes halogenated alkanes) is 5. The highest BCUT2D eigenvalue weighted by Crippen LogP contribution is 1.97. The first-order chi connectivity index (χ1) is 14.9. The predicted octanol–water partition coefficient (Wildman–Crippen LogP) is 0.695. The lowest BCUT2D eigenvalue weighted by molar-refractivity contribution is 0.581. The topological polar surface area (TPSA) is 188 Å². The molecule has 0 rings (SSSR count). The van der Waals surface area contributed by atoms with E-state index >= 15 is 0 Å². The van der Waals surface area contributed by atoms with Gasteiger partial charge in [-0.1, -0.05) is 6.42 Å². The van der Waals surface area contributed by atoms with Gasteiger partial charge in [0.1, 0.15) is 0 Å². The number of nitriles is 1. The highest BCUT2D eigenvalue weighted by molar-refractivity contribution is 7.89. The van der Waals surface area contributed by atoms with Gasteiger partial charge in [-0.3, -0.25) is 0 Å². The molecule has 0 radical (unpaired) electrons. The van der Waals surface area contributed by atoms with Crippen molar-refractivity contribution in [1.29, 1.82) is 5.26 Å². The molecule has 0 aliphatic heterocycles. The maximum absolute atomic E-state index is 10.8. The van der Waals surface area contributed by atoms with Crippen LogP contribution in [0.15, 0.2) is 0 Å². The molecule has 0 fully saturated rings. The number of alkyl halides is 1. The van der Waals surface area contributed by atoms with E-state index in [2.05, 4.69) is 14.2 Å². The summed E-state index contributed by atoms with van der Waals surface area (Å²) >= 11 is 5.36. The van der Waals surface area contributed by atoms with Crippen molar-refractivity contribution in [3.8, 4) is 6.07 Å². The van der Waals surface area contributed by atoms with Gasteiger partial charge in [0.2, 0.25) is 30.1 Å². The molecule has 196 valence electrons. The minimum absolute atomic E-state index is 0. The van der Waals surface area contributed by atoms with E-state index in [9.17, 15) is 25.3 Å². The summed E-state index contributed by atoms with van der Waals surface area (Å²) in [4.78, 5) is 0. The molecule has 5 N–H and O–H groups in total. The summed E-state index contributed by atoms with van der Waals surface area (Å²) in [5.74, 6) is 1.03. The van der Waals surface area contributed by atoms with Crippen LogP contribution in [0.1, 0.15) is 52.8 Å². The Morgan fingerprint density at radius 3 is 1.41 bits per heavy atom. The second kappa shape index (κ2) is 22.3. The molecule has 0 atom stereocenters. The van der Waals surface area contributed by atoms with E-state index in [0.717, 1.165) is 19.3 Å². The molecule has 11 nitrogen and oxygen atoms in total. The van der Waals surface area contributed by atoms with Crippen LogP contribution in [0.4, 0.5) is 0 Å². The van der Waals surface area contributed by atoms with Crippen molar-refractivity contribution in [1.82, 2.24) is 14.2 Å². The van der Waals surface area contributed by atoms with Crippen molar-refractivity contribution in [2.24, 2.45) is 5.73 Å². The Morgan fingerprint density at radius 2 is 1.09 bits per heavy atom. The molecular formula is C17H42ClN5O6S3. The van der Waals surface area contributed by atoms with Gasteiger partial charge in [0.15, 0.2) is 0 Å². The molecule has 0 spiro atoms. The largest absolute Gasteiger partial charge is 0.330 e. The Balaban J connectivity index is -0.000000189. The van der Waals surface area contributed by atoms with E-state index in [-0.39, 0.29) is 18.7 Å². The normalized spacial score (nSPS) is 11.5. The number of sulfonamides is 3. The number of hydrogen-bond acceptors (Lipinski definition) is 8. The van der Waals surface area contributed by atoms with Crippen LogP contribution in [-0.4, -0.2) is 76.1 Å². The number of hydrogen-bond donors (Lipinski definition) is 4. The lowest BCUT2D eigenvalue weighted by atomic mass is 10.2. The summed E-state index contributed by atoms with van der Waals surface area (Å²) in [6.07, 6.45) is 5.50. The molecular weight excluding hydrogens is 502 g/mol. The van der Waals surface area contributed by atoms with Crippen LogP contribution in [0.25, 0.3) is 0 Å². The van der Waals surface area contributed by atoms with Gasteiger partial charge >= 0.3 is 0 Å². The van der Waals surface area contributed by atoms with Crippen molar-refractivity contribution in [2.45, 2.75) is 51.4 Å². The first-order valence-corrected chi connectivity index (χ1v) is 15.7. The van der Waals surface area contributed by atoms with Crippen molar-refractivity contribution in [3.05, 3.63) is 0 Å². The molecule has 0 aliphatic rings. The Bertz CT molecular complexity index is 790. The van der Waals surface area contributed by atoms with Gasteiger partial charge in [-0.25, -0.2) is 39.4 Å². The van der Waals surface area contributed by atoms with Gasteiger partial charge in [0.05, 0.1) is 23.3 Å². The van der Waals surface area contributed by atoms with Gasteiger partial charge in [-0.2, -0.15) is 5.26 Å². The average molecular weight is 544 g/mol. The third-order valence-electron chi connectivity index (χ3n) is 3.80. The van der Waals surface area contributed by atoms with E-state index in [0.29, 0.717) is 44.5 Å². The Labute approximate surface area is 201 Å².